The fourth-order valence-corrected chi connectivity index (χ4v) is 7.54. The molecule has 0 bridgehead atoms. The highest BCUT2D eigenvalue weighted by molar-refractivity contribution is 7.90. The summed E-state index contributed by atoms with van der Waals surface area (Å²) in [6, 6.07) is 25.5. The summed E-state index contributed by atoms with van der Waals surface area (Å²) in [4.78, 5) is 46.6. The van der Waals surface area contributed by atoms with E-state index in [0.29, 0.717) is 11.1 Å². The predicted molar refractivity (Wildman–Crippen MR) is 197 cm³/mol. The Hall–Kier alpha value is -5.66. The van der Waals surface area contributed by atoms with E-state index in [1.54, 1.807) is 43.6 Å². The summed E-state index contributed by atoms with van der Waals surface area (Å²) in [6.07, 6.45) is 1.82. The molecule has 260 valence electrons. The zero-order chi connectivity index (χ0) is 36.1. The maximum absolute atomic E-state index is 14.4. The van der Waals surface area contributed by atoms with Gasteiger partial charge in [0, 0.05) is 53.5 Å². The average molecular weight is 721 g/mol. The lowest BCUT2D eigenvalue weighted by molar-refractivity contribution is -0.130. The van der Waals surface area contributed by atoms with Crippen molar-refractivity contribution in [2.45, 2.75) is 43.7 Å². The number of para-hydroxylation sites is 1. The van der Waals surface area contributed by atoms with Crippen molar-refractivity contribution >= 4 is 50.2 Å². The van der Waals surface area contributed by atoms with Crippen LogP contribution in [0.5, 0.6) is 0 Å². The number of sulfonamides is 1. The molecule has 4 aromatic carbocycles. The number of hydrogen-bond donors (Lipinski definition) is 3. The Morgan fingerprint density at radius 3 is 2.24 bits per heavy atom. The summed E-state index contributed by atoms with van der Waals surface area (Å²) in [7, 11) is -2.71. The number of likely N-dealkylation sites (N-methyl/N-ethyl adjacent to an activating group) is 1. The number of benzene rings is 4. The number of aromatic nitrogens is 3. The Morgan fingerprint density at radius 2 is 1.55 bits per heavy atom. The number of nitrogens with zero attached hydrogens (tertiary/aromatic N) is 3. The van der Waals surface area contributed by atoms with Crippen molar-refractivity contribution in [1.29, 1.82) is 0 Å². The molecule has 0 unspecified atom stereocenters. The van der Waals surface area contributed by atoms with E-state index < -0.39 is 33.9 Å². The molecule has 13 heteroatoms. The van der Waals surface area contributed by atoms with Crippen LogP contribution in [-0.4, -0.2) is 64.7 Å². The lowest BCUT2D eigenvalue weighted by Gasteiger charge is -2.29. The van der Waals surface area contributed by atoms with Gasteiger partial charge in [-0.2, -0.15) is 0 Å². The largest absolute Gasteiger partial charge is 0.361 e. The Kier molecular flexibility index (Phi) is 10.4. The minimum absolute atomic E-state index is 0.0241. The molecule has 0 aliphatic rings. The van der Waals surface area contributed by atoms with E-state index in [2.05, 4.69) is 24.6 Å². The van der Waals surface area contributed by atoms with Crippen LogP contribution in [0.2, 0.25) is 0 Å². The molecule has 6 rings (SSSR count). The van der Waals surface area contributed by atoms with Crippen molar-refractivity contribution in [2.24, 2.45) is 0 Å². The first-order chi connectivity index (χ1) is 24.5. The third-order valence-electron chi connectivity index (χ3n) is 8.62. The van der Waals surface area contributed by atoms with Gasteiger partial charge in [0.2, 0.25) is 5.91 Å². The minimum atomic E-state index is -4.26. The summed E-state index contributed by atoms with van der Waals surface area (Å²) in [5.74, 6) is -1.92. The second kappa shape index (κ2) is 15.1. The SMILES string of the molecule is Cc1cc(C)cc(C(=O)N(C)[C@H](Cc2ccc(-c3csnn3)cc2)C(=O)N[C@@H](Cc2c[nH]c3ccccc23)C(=O)NS(=O)(=O)c2ccccc2)c1. The van der Waals surface area contributed by atoms with Crippen LogP contribution in [0.4, 0.5) is 0 Å². The molecular weight excluding hydrogens is 685 g/mol. The average Bonchev–Trinajstić information content (AvgIpc) is 3.81. The zero-order valence-electron chi connectivity index (χ0n) is 28.2. The first kappa shape index (κ1) is 35.2. The van der Waals surface area contributed by atoms with E-state index >= 15 is 0 Å². The lowest BCUT2D eigenvalue weighted by Crippen LogP contribution is -2.56. The molecular formula is C38H36N6O5S2. The maximum atomic E-state index is 14.4. The molecule has 11 nitrogen and oxygen atoms in total. The molecule has 3 amide bonds. The number of aryl methyl sites for hydroxylation is 2. The van der Waals surface area contributed by atoms with Crippen molar-refractivity contribution in [3.8, 4) is 11.3 Å². The quantitative estimate of drug-likeness (QED) is 0.157. The Labute approximate surface area is 299 Å². The summed E-state index contributed by atoms with van der Waals surface area (Å²) in [6.45, 7) is 3.79. The first-order valence-electron chi connectivity index (χ1n) is 16.2. The topological polar surface area (TPSA) is 154 Å². The standard InChI is InChI=1S/C38H36N6O5S2/c1-24-17-25(2)19-28(18-24)38(47)44(3)35(20-26-13-15-27(16-14-26)34-23-50-43-41-34)37(46)40-33(21-29-22-39-32-12-8-7-11-31(29)32)36(45)42-51(48,49)30-9-5-4-6-10-30/h4-19,22-23,33,35,39H,20-21H2,1-3H3,(H,40,46)(H,42,45)/t33-,35+/m0/s1. The number of rotatable bonds is 12. The smallest absolute Gasteiger partial charge is 0.264 e. The van der Waals surface area contributed by atoms with E-state index in [0.717, 1.165) is 38.9 Å². The van der Waals surface area contributed by atoms with Crippen LogP contribution in [0.25, 0.3) is 22.2 Å². The van der Waals surface area contributed by atoms with Gasteiger partial charge >= 0.3 is 0 Å². The lowest BCUT2D eigenvalue weighted by atomic mass is 9.99. The molecule has 0 spiro atoms. The number of amides is 3. The van der Waals surface area contributed by atoms with Crippen LogP contribution in [0, 0.1) is 13.8 Å². The Balaban J connectivity index is 1.33. The van der Waals surface area contributed by atoms with Crippen LogP contribution >= 0.6 is 11.5 Å². The Morgan fingerprint density at radius 1 is 0.863 bits per heavy atom. The summed E-state index contributed by atoms with van der Waals surface area (Å²) in [5, 5.41) is 9.59. The molecule has 0 fully saturated rings. The van der Waals surface area contributed by atoms with Crippen LogP contribution < -0.4 is 10.0 Å². The van der Waals surface area contributed by atoms with Gasteiger partial charge in [-0.3, -0.25) is 14.4 Å². The van der Waals surface area contributed by atoms with E-state index in [9.17, 15) is 22.8 Å². The van der Waals surface area contributed by atoms with Crippen molar-refractivity contribution in [3.05, 3.63) is 136 Å². The highest BCUT2D eigenvalue weighted by atomic mass is 32.2. The Bertz CT molecular complexity index is 2270. The fourth-order valence-electron chi connectivity index (χ4n) is 6.03. The molecule has 0 aliphatic heterocycles. The molecule has 6 aromatic rings. The highest BCUT2D eigenvalue weighted by Crippen LogP contribution is 2.22. The molecule has 0 radical (unpaired) electrons. The molecule has 51 heavy (non-hydrogen) atoms. The van der Waals surface area contributed by atoms with Crippen LogP contribution in [-0.2, 0) is 32.5 Å². The normalized spacial score (nSPS) is 12.6. The molecule has 3 N–H and O–H groups in total. The van der Waals surface area contributed by atoms with Gasteiger partial charge in [0.25, 0.3) is 21.8 Å². The van der Waals surface area contributed by atoms with Crippen LogP contribution in [0.3, 0.4) is 0 Å². The van der Waals surface area contributed by atoms with Crippen LogP contribution in [0.1, 0.15) is 32.6 Å². The molecule has 2 aromatic heterocycles. The van der Waals surface area contributed by atoms with E-state index in [1.807, 2.05) is 73.8 Å². The summed E-state index contributed by atoms with van der Waals surface area (Å²) < 4.78 is 32.5. The first-order valence-corrected chi connectivity index (χ1v) is 18.5. The van der Waals surface area contributed by atoms with Crippen molar-refractivity contribution < 1.29 is 22.8 Å². The summed E-state index contributed by atoms with van der Waals surface area (Å²) in [5.41, 5.74) is 6.07. The van der Waals surface area contributed by atoms with Gasteiger partial charge in [-0.1, -0.05) is 82.3 Å². The van der Waals surface area contributed by atoms with Gasteiger partial charge in [-0.05, 0) is 66.8 Å². The molecule has 0 saturated heterocycles. The number of aromatic amines is 1. The second-order valence-corrected chi connectivity index (χ2v) is 14.7. The number of H-pyrrole nitrogens is 1. The van der Waals surface area contributed by atoms with Gasteiger partial charge in [-0.25, -0.2) is 13.1 Å². The van der Waals surface area contributed by atoms with Gasteiger partial charge in [0.15, 0.2) is 0 Å². The monoisotopic (exact) mass is 720 g/mol. The van der Waals surface area contributed by atoms with Gasteiger partial charge < -0.3 is 15.2 Å². The number of carbonyl (C=O) groups excluding carboxylic acids is 3. The third kappa shape index (κ3) is 8.22. The van der Waals surface area contributed by atoms with Crippen molar-refractivity contribution in [3.63, 3.8) is 0 Å². The third-order valence-corrected chi connectivity index (χ3v) is 10.5. The fraction of sp³-hybridized carbons (Fsp3) is 0.184. The zero-order valence-corrected chi connectivity index (χ0v) is 29.8. The van der Waals surface area contributed by atoms with Crippen molar-refractivity contribution in [1.82, 2.24) is 29.5 Å². The second-order valence-electron chi connectivity index (χ2n) is 12.4. The summed E-state index contributed by atoms with van der Waals surface area (Å²) >= 11 is 1.24. The maximum Gasteiger partial charge on any atom is 0.264 e. The molecule has 0 aliphatic carbocycles. The molecule has 0 saturated carbocycles. The van der Waals surface area contributed by atoms with Gasteiger partial charge in [0.05, 0.1) is 4.90 Å². The number of carbonyl (C=O) groups is 3. The van der Waals surface area contributed by atoms with Crippen LogP contribution in [0.15, 0.2) is 114 Å². The van der Waals surface area contributed by atoms with E-state index in [1.165, 1.54) is 28.6 Å². The number of nitrogens with one attached hydrogen (secondary N) is 3. The van der Waals surface area contributed by atoms with Gasteiger partial charge in [0.1, 0.15) is 17.8 Å². The van der Waals surface area contributed by atoms with E-state index in [4.69, 9.17) is 0 Å². The molecule has 2 atom stereocenters. The van der Waals surface area contributed by atoms with E-state index in [-0.39, 0.29) is 23.6 Å². The number of hydrogen-bond acceptors (Lipinski definition) is 8. The van der Waals surface area contributed by atoms with Gasteiger partial charge in [-0.15, -0.1) is 5.10 Å². The van der Waals surface area contributed by atoms with Crippen molar-refractivity contribution in [2.75, 3.05) is 7.05 Å². The molecule has 2 heterocycles. The minimum Gasteiger partial charge on any atom is -0.361 e. The number of fused-ring (bicyclic) bond motifs is 1. The predicted octanol–water partition coefficient (Wildman–Crippen LogP) is 5.22. The highest BCUT2D eigenvalue weighted by Gasteiger charge is 2.33.